The Labute approximate surface area is 157 Å². The molecule has 3 rings (SSSR count). The lowest BCUT2D eigenvalue weighted by Gasteiger charge is -2.44. The SMILES string of the molecule is CC(c1ccccc1)N1C/C(=C/N)N(C)C(c2cccc(Br)c2)C1=O. The van der Waals surface area contributed by atoms with Gasteiger partial charge < -0.3 is 15.5 Å². The van der Waals surface area contributed by atoms with Gasteiger partial charge in [-0.1, -0.05) is 58.4 Å². The predicted molar refractivity (Wildman–Crippen MR) is 103 cm³/mol. The van der Waals surface area contributed by atoms with Crippen LogP contribution in [0, 0.1) is 0 Å². The topological polar surface area (TPSA) is 49.6 Å². The minimum Gasteiger partial charge on any atom is -0.403 e. The summed E-state index contributed by atoms with van der Waals surface area (Å²) in [6, 6.07) is 17.6. The van der Waals surface area contributed by atoms with Crippen LogP contribution in [0.15, 0.2) is 71.0 Å². The minimum atomic E-state index is -0.382. The number of likely N-dealkylation sites (N-methyl/N-ethyl adjacent to an activating group) is 1. The zero-order valence-electron chi connectivity index (χ0n) is 14.4. The van der Waals surface area contributed by atoms with Crippen molar-refractivity contribution in [2.75, 3.05) is 13.6 Å². The molecule has 0 radical (unpaired) electrons. The van der Waals surface area contributed by atoms with Gasteiger partial charge in [0.2, 0.25) is 0 Å². The van der Waals surface area contributed by atoms with E-state index in [4.69, 9.17) is 5.73 Å². The first kappa shape index (κ1) is 17.5. The van der Waals surface area contributed by atoms with Crippen molar-refractivity contribution in [3.05, 3.63) is 82.1 Å². The van der Waals surface area contributed by atoms with Gasteiger partial charge in [0.1, 0.15) is 6.04 Å². The molecular formula is C20H22BrN3O. The molecule has 0 aliphatic carbocycles. The summed E-state index contributed by atoms with van der Waals surface area (Å²) in [5.41, 5.74) is 8.86. The second-order valence-electron chi connectivity index (χ2n) is 6.28. The summed E-state index contributed by atoms with van der Waals surface area (Å²) in [4.78, 5) is 17.2. The largest absolute Gasteiger partial charge is 0.403 e. The van der Waals surface area contributed by atoms with E-state index in [1.807, 2.05) is 59.3 Å². The fourth-order valence-electron chi connectivity index (χ4n) is 3.30. The molecule has 1 fully saturated rings. The van der Waals surface area contributed by atoms with Gasteiger partial charge in [-0.2, -0.15) is 0 Å². The van der Waals surface area contributed by atoms with Gasteiger partial charge in [-0.25, -0.2) is 0 Å². The Kier molecular flexibility index (Phi) is 5.13. The highest BCUT2D eigenvalue weighted by Crippen LogP contribution is 2.35. The third-order valence-corrected chi connectivity index (χ3v) is 5.29. The van der Waals surface area contributed by atoms with E-state index in [0.717, 1.165) is 21.3 Å². The van der Waals surface area contributed by atoms with Crippen LogP contribution in [0.25, 0.3) is 0 Å². The minimum absolute atomic E-state index is 0.0213. The highest BCUT2D eigenvalue weighted by molar-refractivity contribution is 9.10. The lowest BCUT2D eigenvalue weighted by atomic mass is 9.98. The Morgan fingerprint density at radius 2 is 1.92 bits per heavy atom. The number of benzene rings is 2. The molecule has 1 aliphatic rings. The van der Waals surface area contributed by atoms with Crippen LogP contribution in [0.3, 0.4) is 0 Å². The maximum Gasteiger partial charge on any atom is 0.250 e. The molecule has 2 aromatic rings. The molecule has 5 heteroatoms. The van der Waals surface area contributed by atoms with Gasteiger partial charge >= 0.3 is 0 Å². The second-order valence-corrected chi connectivity index (χ2v) is 7.19. The molecule has 1 saturated heterocycles. The monoisotopic (exact) mass is 399 g/mol. The summed E-state index contributed by atoms with van der Waals surface area (Å²) in [6.45, 7) is 2.57. The molecule has 4 nitrogen and oxygen atoms in total. The summed E-state index contributed by atoms with van der Waals surface area (Å²) in [5, 5.41) is 0. The molecule has 130 valence electrons. The molecule has 1 heterocycles. The number of piperazine rings is 1. The van der Waals surface area contributed by atoms with Gasteiger partial charge in [0.25, 0.3) is 5.91 Å². The van der Waals surface area contributed by atoms with Crippen LogP contribution >= 0.6 is 15.9 Å². The number of amides is 1. The van der Waals surface area contributed by atoms with Gasteiger partial charge in [-0.3, -0.25) is 4.79 Å². The number of carbonyl (C=O) groups excluding carboxylic acids is 1. The van der Waals surface area contributed by atoms with E-state index in [2.05, 4.69) is 35.0 Å². The number of carbonyl (C=O) groups is 1. The highest BCUT2D eigenvalue weighted by Gasteiger charge is 2.38. The molecule has 2 aromatic carbocycles. The van der Waals surface area contributed by atoms with E-state index in [9.17, 15) is 4.79 Å². The van der Waals surface area contributed by atoms with E-state index in [1.165, 1.54) is 0 Å². The van der Waals surface area contributed by atoms with Crippen molar-refractivity contribution in [1.82, 2.24) is 9.80 Å². The quantitative estimate of drug-likeness (QED) is 0.852. The van der Waals surface area contributed by atoms with Crippen LogP contribution in [0.2, 0.25) is 0 Å². The summed E-state index contributed by atoms with van der Waals surface area (Å²) >= 11 is 3.50. The summed E-state index contributed by atoms with van der Waals surface area (Å²) in [7, 11) is 1.92. The molecule has 2 N–H and O–H groups in total. The van der Waals surface area contributed by atoms with E-state index in [-0.39, 0.29) is 18.0 Å². The third-order valence-electron chi connectivity index (χ3n) is 4.80. The fourth-order valence-corrected chi connectivity index (χ4v) is 3.72. The van der Waals surface area contributed by atoms with Crippen molar-refractivity contribution in [2.24, 2.45) is 5.73 Å². The molecular weight excluding hydrogens is 378 g/mol. The Morgan fingerprint density at radius 1 is 1.20 bits per heavy atom. The summed E-state index contributed by atoms with van der Waals surface area (Å²) in [6.07, 6.45) is 1.60. The Bertz CT molecular complexity index is 791. The van der Waals surface area contributed by atoms with E-state index in [0.29, 0.717) is 6.54 Å². The number of hydrogen-bond acceptors (Lipinski definition) is 3. The number of nitrogens with two attached hydrogens (primary N) is 1. The average molecular weight is 400 g/mol. The second kappa shape index (κ2) is 7.31. The Hall–Kier alpha value is -2.27. The first-order chi connectivity index (χ1) is 12.0. The first-order valence-electron chi connectivity index (χ1n) is 8.27. The Morgan fingerprint density at radius 3 is 2.56 bits per heavy atom. The molecule has 1 aliphatic heterocycles. The highest BCUT2D eigenvalue weighted by atomic mass is 79.9. The number of halogens is 1. The van der Waals surface area contributed by atoms with Crippen LogP contribution < -0.4 is 5.73 Å². The average Bonchev–Trinajstić information content (AvgIpc) is 2.62. The van der Waals surface area contributed by atoms with Gasteiger partial charge in [0, 0.05) is 23.4 Å². The lowest BCUT2D eigenvalue weighted by Crippen LogP contribution is -2.50. The van der Waals surface area contributed by atoms with Crippen molar-refractivity contribution in [3.8, 4) is 0 Å². The number of nitrogens with zero attached hydrogens (tertiary/aromatic N) is 2. The standard InChI is InChI=1S/C20H22BrN3O/c1-14(15-7-4-3-5-8-15)24-13-18(12-22)23(2)19(20(24)25)16-9-6-10-17(21)11-16/h3-12,14,19H,13,22H2,1-2H3/b18-12-. The lowest BCUT2D eigenvalue weighted by molar-refractivity contribution is -0.141. The van der Waals surface area contributed by atoms with E-state index < -0.39 is 0 Å². The van der Waals surface area contributed by atoms with E-state index in [1.54, 1.807) is 6.20 Å². The van der Waals surface area contributed by atoms with Crippen molar-refractivity contribution in [1.29, 1.82) is 0 Å². The van der Waals surface area contributed by atoms with Gasteiger partial charge in [-0.15, -0.1) is 0 Å². The maximum atomic E-state index is 13.3. The van der Waals surface area contributed by atoms with E-state index >= 15 is 0 Å². The fraction of sp³-hybridized carbons (Fsp3) is 0.250. The van der Waals surface area contributed by atoms with Crippen LogP contribution in [0.1, 0.15) is 30.1 Å². The summed E-state index contributed by atoms with van der Waals surface area (Å²) in [5.74, 6) is 0.0857. The third kappa shape index (κ3) is 3.42. The molecule has 1 amide bonds. The normalized spacial score (nSPS) is 20.8. The molecule has 2 unspecified atom stereocenters. The molecule has 0 aromatic heterocycles. The van der Waals surface area contributed by atoms with Crippen LogP contribution in [0.5, 0.6) is 0 Å². The van der Waals surface area contributed by atoms with Crippen LogP contribution in [-0.2, 0) is 4.79 Å². The van der Waals surface area contributed by atoms with Crippen molar-refractivity contribution >= 4 is 21.8 Å². The van der Waals surface area contributed by atoms with Gasteiger partial charge in [-0.05, 0) is 30.2 Å². The molecule has 2 atom stereocenters. The molecule has 0 saturated carbocycles. The van der Waals surface area contributed by atoms with Gasteiger partial charge in [0.05, 0.1) is 12.6 Å². The van der Waals surface area contributed by atoms with Gasteiger partial charge in [0.15, 0.2) is 0 Å². The zero-order chi connectivity index (χ0) is 18.0. The summed E-state index contributed by atoms with van der Waals surface area (Å²) < 4.78 is 0.956. The van der Waals surface area contributed by atoms with Crippen molar-refractivity contribution in [3.63, 3.8) is 0 Å². The number of hydrogen-bond donors (Lipinski definition) is 1. The smallest absolute Gasteiger partial charge is 0.250 e. The maximum absolute atomic E-state index is 13.3. The van der Waals surface area contributed by atoms with Crippen molar-refractivity contribution in [2.45, 2.75) is 19.0 Å². The first-order valence-corrected chi connectivity index (χ1v) is 9.06. The van der Waals surface area contributed by atoms with Crippen LogP contribution in [-0.4, -0.2) is 29.3 Å². The Balaban J connectivity index is 1.99. The molecule has 0 spiro atoms. The number of rotatable bonds is 3. The molecule has 0 bridgehead atoms. The molecule has 25 heavy (non-hydrogen) atoms. The zero-order valence-corrected chi connectivity index (χ0v) is 16.0. The predicted octanol–water partition coefficient (Wildman–Crippen LogP) is 3.83. The van der Waals surface area contributed by atoms with Crippen molar-refractivity contribution < 1.29 is 4.79 Å². The van der Waals surface area contributed by atoms with Crippen LogP contribution in [0.4, 0.5) is 0 Å².